The fourth-order valence-corrected chi connectivity index (χ4v) is 1.70. The Kier molecular flexibility index (Phi) is 3.27. The Morgan fingerprint density at radius 2 is 2.38 bits per heavy atom. The lowest BCUT2D eigenvalue weighted by Crippen LogP contribution is -2.45. The lowest BCUT2D eigenvalue weighted by molar-refractivity contribution is -0.133. The van der Waals surface area contributed by atoms with Crippen LogP contribution in [0.4, 0.5) is 0 Å². The minimum atomic E-state index is -0.409. The number of hydrogen-bond donors (Lipinski definition) is 2. The summed E-state index contributed by atoms with van der Waals surface area (Å²) in [5.74, 6) is -0.0356. The van der Waals surface area contributed by atoms with E-state index < -0.39 is 6.04 Å². The molecule has 0 aliphatic carbocycles. The van der Waals surface area contributed by atoms with Gasteiger partial charge in [0.15, 0.2) is 0 Å². The van der Waals surface area contributed by atoms with Crippen LogP contribution in [0.1, 0.15) is 26.7 Å². The number of carbonyl (C=O) groups excluding carboxylic acids is 1. The van der Waals surface area contributed by atoms with Crippen molar-refractivity contribution in [2.24, 2.45) is 5.73 Å². The molecule has 3 N–H and O–H groups in total. The minimum Gasteiger partial charge on any atom is -0.391 e. The highest BCUT2D eigenvalue weighted by atomic mass is 16.3. The largest absolute Gasteiger partial charge is 0.391 e. The fourth-order valence-electron chi connectivity index (χ4n) is 1.70. The van der Waals surface area contributed by atoms with E-state index in [0.29, 0.717) is 19.4 Å². The van der Waals surface area contributed by atoms with Crippen molar-refractivity contribution in [3.8, 4) is 0 Å². The van der Waals surface area contributed by atoms with Crippen LogP contribution in [0.2, 0.25) is 0 Å². The minimum absolute atomic E-state index is 0.0356. The summed E-state index contributed by atoms with van der Waals surface area (Å²) in [5, 5.41) is 9.34. The summed E-state index contributed by atoms with van der Waals surface area (Å²) in [4.78, 5) is 13.3. The van der Waals surface area contributed by atoms with Gasteiger partial charge < -0.3 is 15.7 Å². The molecule has 1 aliphatic rings. The van der Waals surface area contributed by atoms with Crippen LogP contribution in [-0.4, -0.2) is 40.6 Å². The second-order valence-corrected chi connectivity index (χ2v) is 3.74. The van der Waals surface area contributed by atoms with E-state index in [9.17, 15) is 9.90 Å². The monoisotopic (exact) mass is 186 g/mol. The molecule has 0 saturated carbocycles. The number of carbonyl (C=O) groups is 1. The molecule has 1 rings (SSSR count). The molecular weight excluding hydrogens is 168 g/mol. The Balaban J connectivity index is 2.57. The van der Waals surface area contributed by atoms with Crippen molar-refractivity contribution in [2.45, 2.75) is 44.9 Å². The SMILES string of the molecule is CC[C@H](N)C(=O)N1CC(O)CC1C. The van der Waals surface area contributed by atoms with Crippen molar-refractivity contribution in [1.82, 2.24) is 4.90 Å². The summed E-state index contributed by atoms with van der Waals surface area (Å²) in [6.45, 7) is 4.27. The third kappa shape index (κ3) is 2.19. The van der Waals surface area contributed by atoms with Gasteiger partial charge in [0, 0.05) is 12.6 Å². The van der Waals surface area contributed by atoms with Gasteiger partial charge in [0.1, 0.15) is 0 Å². The Labute approximate surface area is 78.7 Å². The number of β-amino-alcohol motifs (C(OH)–C–C–N with tert-alkyl or cyclic N) is 1. The van der Waals surface area contributed by atoms with E-state index in [1.165, 1.54) is 0 Å². The van der Waals surface area contributed by atoms with Gasteiger partial charge in [-0.25, -0.2) is 0 Å². The van der Waals surface area contributed by atoms with Gasteiger partial charge in [-0.05, 0) is 19.8 Å². The molecule has 3 atom stereocenters. The van der Waals surface area contributed by atoms with Crippen molar-refractivity contribution in [1.29, 1.82) is 0 Å². The number of aliphatic hydroxyl groups excluding tert-OH is 1. The van der Waals surface area contributed by atoms with E-state index in [4.69, 9.17) is 5.73 Å². The Hall–Kier alpha value is -0.610. The molecule has 1 amide bonds. The Bertz CT molecular complexity index is 196. The number of nitrogens with zero attached hydrogens (tertiary/aromatic N) is 1. The van der Waals surface area contributed by atoms with Gasteiger partial charge >= 0.3 is 0 Å². The summed E-state index contributed by atoms with van der Waals surface area (Å²) >= 11 is 0. The maximum atomic E-state index is 11.6. The zero-order valence-electron chi connectivity index (χ0n) is 8.23. The molecule has 1 fully saturated rings. The smallest absolute Gasteiger partial charge is 0.239 e. The van der Waals surface area contributed by atoms with Gasteiger partial charge in [-0.1, -0.05) is 6.92 Å². The quantitative estimate of drug-likeness (QED) is 0.622. The first kappa shape index (κ1) is 10.5. The van der Waals surface area contributed by atoms with E-state index in [2.05, 4.69) is 0 Å². The highest BCUT2D eigenvalue weighted by Gasteiger charge is 2.32. The molecule has 0 aromatic carbocycles. The lowest BCUT2D eigenvalue weighted by atomic mass is 10.2. The van der Waals surface area contributed by atoms with Crippen LogP contribution in [0.5, 0.6) is 0 Å². The predicted octanol–water partition coefficient (Wildman–Crippen LogP) is -0.295. The molecule has 0 spiro atoms. The van der Waals surface area contributed by atoms with Gasteiger partial charge in [0.2, 0.25) is 5.91 Å². The summed E-state index contributed by atoms with van der Waals surface area (Å²) in [6.07, 6.45) is 0.948. The first-order valence-electron chi connectivity index (χ1n) is 4.80. The number of aliphatic hydroxyl groups is 1. The van der Waals surface area contributed by atoms with Gasteiger partial charge in [-0.3, -0.25) is 4.79 Å². The molecule has 0 radical (unpaired) electrons. The second-order valence-electron chi connectivity index (χ2n) is 3.74. The van der Waals surface area contributed by atoms with Crippen LogP contribution in [0.3, 0.4) is 0 Å². The summed E-state index contributed by atoms with van der Waals surface area (Å²) in [5.41, 5.74) is 5.63. The van der Waals surface area contributed by atoms with Crippen molar-refractivity contribution in [3.05, 3.63) is 0 Å². The van der Waals surface area contributed by atoms with E-state index in [0.717, 1.165) is 0 Å². The van der Waals surface area contributed by atoms with Crippen LogP contribution in [0.15, 0.2) is 0 Å². The van der Waals surface area contributed by atoms with Gasteiger partial charge in [0.05, 0.1) is 12.1 Å². The molecule has 2 unspecified atom stereocenters. The highest BCUT2D eigenvalue weighted by molar-refractivity contribution is 5.82. The fraction of sp³-hybridized carbons (Fsp3) is 0.889. The van der Waals surface area contributed by atoms with Crippen LogP contribution in [0.25, 0.3) is 0 Å². The zero-order chi connectivity index (χ0) is 10.0. The van der Waals surface area contributed by atoms with E-state index >= 15 is 0 Å². The summed E-state index contributed by atoms with van der Waals surface area (Å²) in [7, 11) is 0. The second kappa shape index (κ2) is 4.07. The molecule has 0 bridgehead atoms. The topological polar surface area (TPSA) is 66.6 Å². The zero-order valence-corrected chi connectivity index (χ0v) is 8.23. The number of hydrogen-bond acceptors (Lipinski definition) is 3. The summed E-state index contributed by atoms with van der Waals surface area (Å²) in [6, 6.07) is -0.284. The number of rotatable bonds is 2. The molecule has 1 heterocycles. The predicted molar refractivity (Wildman–Crippen MR) is 50.1 cm³/mol. The third-order valence-electron chi connectivity index (χ3n) is 2.59. The van der Waals surface area contributed by atoms with Crippen LogP contribution in [-0.2, 0) is 4.79 Å². The molecule has 0 aromatic rings. The number of likely N-dealkylation sites (tertiary alicyclic amines) is 1. The molecule has 76 valence electrons. The van der Waals surface area contributed by atoms with Gasteiger partial charge in [-0.2, -0.15) is 0 Å². The number of amides is 1. The van der Waals surface area contributed by atoms with E-state index in [1.54, 1.807) is 4.90 Å². The van der Waals surface area contributed by atoms with E-state index in [-0.39, 0.29) is 18.1 Å². The standard InChI is InChI=1S/C9H18N2O2/c1-3-8(10)9(13)11-5-7(12)4-6(11)2/h6-8,12H,3-5,10H2,1-2H3/t6?,7?,8-/m0/s1. The molecule has 1 saturated heterocycles. The van der Waals surface area contributed by atoms with Gasteiger partial charge in [0.25, 0.3) is 0 Å². The molecule has 0 aromatic heterocycles. The first-order valence-corrected chi connectivity index (χ1v) is 4.80. The Morgan fingerprint density at radius 3 is 2.77 bits per heavy atom. The molecular formula is C9H18N2O2. The maximum Gasteiger partial charge on any atom is 0.239 e. The van der Waals surface area contributed by atoms with Crippen LogP contribution in [0, 0.1) is 0 Å². The average Bonchev–Trinajstić information content (AvgIpc) is 2.42. The first-order chi connectivity index (χ1) is 6.06. The van der Waals surface area contributed by atoms with Crippen LogP contribution < -0.4 is 5.73 Å². The van der Waals surface area contributed by atoms with Crippen molar-refractivity contribution in [2.75, 3.05) is 6.54 Å². The third-order valence-corrected chi connectivity index (χ3v) is 2.59. The Morgan fingerprint density at radius 1 is 1.77 bits per heavy atom. The van der Waals surface area contributed by atoms with Crippen LogP contribution >= 0.6 is 0 Å². The summed E-state index contributed by atoms with van der Waals surface area (Å²) < 4.78 is 0. The average molecular weight is 186 g/mol. The lowest BCUT2D eigenvalue weighted by Gasteiger charge is -2.23. The van der Waals surface area contributed by atoms with Crippen molar-refractivity contribution in [3.63, 3.8) is 0 Å². The molecule has 13 heavy (non-hydrogen) atoms. The van der Waals surface area contributed by atoms with Crippen molar-refractivity contribution >= 4 is 5.91 Å². The maximum absolute atomic E-state index is 11.6. The van der Waals surface area contributed by atoms with Crippen molar-refractivity contribution < 1.29 is 9.90 Å². The molecule has 1 aliphatic heterocycles. The highest BCUT2D eigenvalue weighted by Crippen LogP contribution is 2.18. The molecule has 4 heteroatoms. The molecule has 4 nitrogen and oxygen atoms in total. The van der Waals surface area contributed by atoms with Gasteiger partial charge in [-0.15, -0.1) is 0 Å². The number of nitrogens with two attached hydrogens (primary N) is 1. The normalized spacial score (nSPS) is 30.6. The van der Waals surface area contributed by atoms with E-state index in [1.807, 2.05) is 13.8 Å².